The molecule has 1 aliphatic heterocycles. The Kier molecular flexibility index (Phi) is 0.959. The summed E-state index contributed by atoms with van der Waals surface area (Å²) in [5, 5.41) is 13.4. The highest BCUT2D eigenvalue weighted by atomic mass is 32.2. The second-order valence-corrected chi connectivity index (χ2v) is 1.91. The van der Waals surface area contributed by atoms with Crippen LogP contribution in [0, 0.1) is 5.21 Å². The Morgan fingerprint density at radius 3 is 2.83 bits per heavy atom. The van der Waals surface area contributed by atoms with Gasteiger partial charge < -0.3 is 5.21 Å². The molecule has 0 unspecified atom stereocenters. The summed E-state index contributed by atoms with van der Waals surface area (Å²) in [6.45, 7) is 0.689. The summed E-state index contributed by atoms with van der Waals surface area (Å²) in [5.74, 6) is 0.851. The van der Waals surface area contributed by atoms with E-state index >= 15 is 0 Å². The molecule has 0 bridgehead atoms. The lowest BCUT2D eigenvalue weighted by Gasteiger charge is -1.80. The third kappa shape index (κ3) is 0.622. The normalized spacial score (nSPS) is 21.0. The summed E-state index contributed by atoms with van der Waals surface area (Å²) in [5.41, 5.74) is 0. The summed E-state index contributed by atoms with van der Waals surface area (Å²) >= 11 is 1.21. The van der Waals surface area contributed by atoms with Gasteiger partial charge in [0.05, 0.1) is 5.75 Å². The van der Waals surface area contributed by atoms with E-state index in [1.807, 2.05) is 0 Å². The first-order chi connectivity index (χ1) is 2.89. The molecule has 0 aliphatic carbocycles. The van der Waals surface area contributed by atoms with Crippen molar-refractivity contribution in [2.45, 2.75) is 0 Å². The molecular formula is C2H4N2OS. The van der Waals surface area contributed by atoms with Crippen molar-refractivity contribution in [3.05, 3.63) is 5.21 Å². The third-order valence-corrected chi connectivity index (χ3v) is 1.21. The number of hydrogen-bond donors (Lipinski definition) is 0. The van der Waals surface area contributed by atoms with Gasteiger partial charge >= 0.3 is 0 Å². The summed E-state index contributed by atoms with van der Waals surface area (Å²) in [6.07, 6.45) is 0. The molecule has 0 aromatic rings. The molecule has 3 nitrogen and oxygen atoms in total. The molecule has 6 heavy (non-hydrogen) atoms. The van der Waals surface area contributed by atoms with Gasteiger partial charge in [-0.1, -0.05) is 0 Å². The standard InChI is InChI=1S/C2H4N2OS/c5-4-3-1-2-6-4/h1-2H2. The molecule has 0 atom stereocenters. The van der Waals surface area contributed by atoms with Crippen molar-refractivity contribution < 1.29 is 4.27 Å². The lowest BCUT2D eigenvalue weighted by molar-refractivity contribution is -0.340. The average molecular weight is 104 g/mol. The largest absolute Gasteiger partial charge is 0.587 e. The van der Waals surface area contributed by atoms with Gasteiger partial charge in [-0.15, -0.1) is 0 Å². The molecule has 4 heteroatoms. The lowest BCUT2D eigenvalue weighted by Crippen LogP contribution is -1.74. The number of hydrogen-bond acceptors (Lipinski definition) is 3. The zero-order chi connectivity index (χ0) is 4.41. The fourth-order valence-corrected chi connectivity index (χ4v) is 0.765. The van der Waals surface area contributed by atoms with Gasteiger partial charge in [0.15, 0.2) is 0 Å². The van der Waals surface area contributed by atoms with E-state index in [4.69, 9.17) is 0 Å². The van der Waals surface area contributed by atoms with E-state index in [1.165, 1.54) is 11.9 Å². The highest BCUT2D eigenvalue weighted by molar-refractivity contribution is 7.93. The van der Waals surface area contributed by atoms with Gasteiger partial charge in [-0.3, -0.25) is 0 Å². The van der Waals surface area contributed by atoms with E-state index in [0.717, 1.165) is 5.75 Å². The smallest absolute Gasteiger partial charge is 0.203 e. The van der Waals surface area contributed by atoms with Crippen LogP contribution in [0.15, 0.2) is 5.11 Å². The van der Waals surface area contributed by atoms with E-state index in [2.05, 4.69) is 5.11 Å². The van der Waals surface area contributed by atoms with Gasteiger partial charge in [-0.2, -0.15) is 0 Å². The van der Waals surface area contributed by atoms with E-state index in [9.17, 15) is 5.21 Å². The SMILES string of the molecule is [O-][N+]1=NCCS1. The maximum Gasteiger partial charge on any atom is 0.203 e. The Labute approximate surface area is 39.8 Å². The average Bonchev–Trinajstić information content (AvgIpc) is 1.86. The maximum absolute atomic E-state index is 9.96. The van der Waals surface area contributed by atoms with Crippen LogP contribution >= 0.6 is 11.9 Å². The predicted octanol–water partition coefficient (Wildman–Crippen LogP) is 0.611. The van der Waals surface area contributed by atoms with Crippen molar-refractivity contribution in [3.63, 3.8) is 0 Å². The van der Waals surface area contributed by atoms with Gasteiger partial charge in [0.25, 0.3) is 0 Å². The van der Waals surface area contributed by atoms with E-state index < -0.39 is 0 Å². The molecule has 0 radical (unpaired) electrons. The Hall–Kier alpha value is -0.250. The van der Waals surface area contributed by atoms with Gasteiger partial charge in [-0.25, -0.2) is 0 Å². The van der Waals surface area contributed by atoms with Crippen LogP contribution in [0.2, 0.25) is 0 Å². The molecular weight excluding hydrogens is 100 g/mol. The molecule has 0 saturated heterocycles. The molecule has 34 valence electrons. The quantitative estimate of drug-likeness (QED) is 0.256. The minimum absolute atomic E-state index is 0.653. The fraction of sp³-hybridized carbons (Fsp3) is 1.00. The fourth-order valence-electron chi connectivity index (χ4n) is 0.282. The van der Waals surface area contributed by atoms with Crippen LogP contribution in [0.1, 0.15) is 0 Å². The van der Waals surface area contributed by atoms with Gasteiger partial charge in [0.1, 0.15) is 6.54 Å². The third-order valence-electron chi connectivity index (χ3n) is 0.508. The second kappa shape index (κ2) is 1.47. The monoisotopic (exact) mass is 104 g/mol. The van der Waals surface area contributed by atoms with Crippen LogP contribution in [0.4, 0.5) is 0 Å². The summed E-state index contributed by atoms with van der Waals surface area (Å²) < 4.78 is 0.653. The van der Waals surface area contributed by atoms with Gasteiger partial charge in [-0.05, 0) is 9.38 Å². The van der Waals surface area contributed by atoms with Crippen molar-refractivity contribution >= 4 is 11.9 Å². The van der Waals surface area contributed by atoms with Crippen molar-refractivity contribution in [2.24, 2.45) is 5.11 Å². The van der Waals surface area contributed by atoms with Crippen LogP contribution in [-0.2, 0) is 0 Å². The molecule has 1 heterocycles. The maximum atomic E-state index is 9.96. The summed E-state index contributed by atoms with van der Waals surface area (Å²) in [4.78, 5) is 0. The second-order valence-electron chi connectivity index (χ2n) is 0.936. The molecule has 0 spiro atoms. The van der Waals surface area contributed by atoms with Crippen LogP contribution in [0.5, 0.6) is 0 Å². The minimum atomic E-state index is 0.653. The van der Waals surface area contributed by atoms with Gasteiger partial charge in [0.2, 0.25) is 11.9 Å². The summed E-state index contributed by atoms with van der Waals surface area (Å²) in [7, 11) is 0. The van der Waals surface area contributed by atoms with E-state index in [-0.39, 0.29) is 0 Å². The molecule has 0 saturated carbocycles. The highest BCUT2D eigenvalue weighted by Crippen LogP contribution is 2.07. The molecule has 0 aromatic heterocycles. The molecule has 0 fully saturated rings. The van der Waals surface area contributed by atoms with Crippen LogP contribution in [0.25, 0.3) is 0 Å². The van der Waals surface area contributed by atoms with E-state index in [0.29, 0.717) is 10.8 Å². The number of rotatable bonds is 0. The van der Waals surface area contributed by atoms with Crippen LogP contribution in [-0.4, -0.2) is 16.6 Å². The van der Waals surface area contributed by atoms with Gasteiger partial charge in [0, 0.05) is 0 Å². The van der Waals surface area contributed by atoms with Crippen molar-refractivity contribution in [1.82, 2.24) is 0 Å². The topological polar surface area (TPSA) is 38.4 Å². The minimum Gasteiger partial charge on any atom is -0.587 e. The van der Waals surface area contributed by atoms with E-state index in [1.54, 1.807) is 0 Å². The van der Waals surface area contributed by atoms with Crippen molar-refractivity contribution in [1.29, 1.82) is 0 Å². The number of nitrogens with zero attached hydrogens (tertiary/aromatic N) is 2. The molecule has 0 aromatic carbocycles. The summed E-state index contributed by atoms with van der Waals surface area (Å²) in [6, 6.07) is 0. The first-order valence-electron chi connectivity index (χ1n) is 1.67. The highest BCUT2D eigenvalue weighted by Gasteiger charge is 2.05. The Morgan fingerprint density at radius 1 is 1.83 bits per heavy atom. The van der Waals surface area contributed by atoms with Crippen molar-refractivity contribution in [2.75, 3.05) is 12.3 Å². The first-order valence-corrected chi connectivity index (χ1v) is 2.61. The Bertz CT molecular complexity index is 81.6. The van der Waals surface area contributed by atoms with Crippen LogP contribution < -0.4 is 0 Å². The lowest BCUT2D eigenvalue weighted by atomic mass is 10.8. The van der Waals surface area contributed by atoms with Crippen LogP contribution in [0.3, 0.4) is 0 Å². The Morgan fingerprint density at radius 2 is 2.67 bits per heavy atom. The van der Waals surface area contributed by atoms with Crippen molar-refractivity contribution in [3.8, 4) is 0 Å². The molecule has 1 rings (SSSR count). The zero-order valence-corrected chi connectivity index (χ0v) is 3.94. The predicted molar refractivity (Wildman–Crippen MR) is 23.4 cm³/mol. The first kappa shape index (κ1) is 3.92. The molecule has 0 N–H and O–H groups in total. The Balaban J connectivity index is 2.45. The molecule has 1 aliphatic rings. The molecule has 0 amide bonds. The zero-order valence-electron chi connectivity index (χ0n) is 3.13.